The summed E-state index contributed by atoms with van der Waals surface area (Å²) < 4.78 is 1.93. The first-order valence-electron chi connectivity index (χ1n) is 7.38. The van der Waals surface area contributed by atoms with Crippen LogP contribution in [0, 0.1) is 5.41 Å². The van der Waals surface area contributed by atoms with Gasteiger partial charge in [0.15, 0.2) is 0 Å². The molecule has 0 spiro atoms. The molecule has 4 nitrogen and oxygen atoms in total. The molecule has 0 saturated carbocycles. The molecule has 0 aromatic carbocycles. The molecule has 0 fully saturated rings. The standard InChI is InChI=1S/C17H25N3O/c1-16(2,3)12-17(4,5)19-15(21)10-13-11-20-9-7-6-8-14(20)18-13/h6-9,11H,10,12H2,1-5H3,(H,19,21). The zero-order valence-electron chi connectivity index (χ0n) is 13.6. The van der Waals surface area contributed by atoms with E-state index in [-0.39, 0.29) is 16.9 Å². The first-order valence-corrected chi connectivity index (χ1v) is 7.38. The molecule has 0 aliphatic rings. The average Bonchev–Trinajstić information content (AvgIpc) is 2.65. The number of hydrogen-bond acceptors (Lipinski definition) is 2. The minimum atomic E-state index is -0.214. The van der Waals surface area contributed by atoms with Gasteiger partial charge < -0.3 is 9.72 Å². The van der Waals surface area contributed by atoms with E-state index in [1.54, 1.807) is 0 Å². The van der Waals surface area contributed by atoms with Crippen molar-refractivity contribution in [2.24, 2.45) is 5.41 Å². The Balaban J connectivity index is 2.01. The summed E-state index contributed by atoms with van der Waals surface area (Å²) in [5.41, 5.74) is 1.63. The van der Waals surface area contributed by atoms with Crippen molar-refractivity contribution in [3.05, 3.63) is 36.3 Å². The van der Waals surface area contributed by atoms with Gasteiger partial charge in [-0.3, -0.25) is 4.79 Å². The average molecular weight is 287 g/mol. The van der Waals surface area contributed by atoms with Crippen LogP contribution in [0.5, 0.6) is 0 Å². The zero-order chi connectivity index (χ0) is 15.7. The summed E-state index contributed by atoms with van der Waals surface area (Å²) in [6.45, 7) is 10.7. The Morgan fingerprint density at radius 2 is 1.95 bits per heavy atom. The highest BCUT2D eigenvalue weighted by Crippen LogP contribution is 2.26. The van der Waals surface area contributed by atoms with Crippen LogP contribution in [0.25, 0.3) is 5.65 Å². The topological polar surface area (TPSA) is 46.4 Å². The normalized spacial score (nSPS) is 12.6. The summed E-state index contributed by atoms with van der Waals surface area (Å²) in [5, 5.41) is 3.12. The highest BCUT2D eigenvalue weighted by atomic mass is 16.1. The molecule has 0 saturated heterocycles. The van der Waals surface area contributed by atoms with Crippen LogP contribution in [0.1, 0.15) is 46.7 Å². The van der Waals surface area contributed by atoms with Gasteiger partial charge in [0.1, 0.15) is 5.65 Å². The molecule has 0 aliphatic carbocycles. The number of imidazole rings is 1. The van der Waals surface area contributed by atoms with E-state index in [0.717, 1.165) is 17.8 Å². The van der Waals surface area contributed by atoms with Crippen LogP contribution in [0.3, 0.4) is 0 Å². The number of pyridine rings is 1. The number of amides is 1. The smallest absolute Gasteiger partial charge is 0.226 e. The van der Waals surface area contributed by atoms with Crippen molar-refractivity contribution < 1.29 is 4.79 Å². The zero-order valence-corrected chi connectivity index (χ0v) is 13.6. The monoisotopic (exact) mass is 287 g/mol. The minimum Gasteiger partial charge on any atom is -0.351 e. The van der Waals surface area contributed by atoms with E-state index in [1.165, 1.54) is 0 Å². The molecule has 4 heteroatoms. The molecule has 114 valence electrons. The molecular weight excluding hydrogens is 262 g/mol. The second kappa shape index (κ2) is 5.51. The number of carbonyl (C=O) groups is 1. The van der Waals surface area contributed by atoms with E-state index < -0.39 is 0 Å². The van der Waals surface area contributed by atoms with Crippen molar-refractivity contribution in [3.63, 3.8) is 0 Å². The number of aromatic nitrogens is 2. The molecule has 0 radical (unpaired) electrons. The summed E-state index contributed by atoms with van der Waals surface area (Å²) in [6.07, 6.45) is 5.09. The first-order chi connectivity index (χ1) is 9.65. The SMILES string of the molecule is CC(C)(C)CC(C)(C)NC(=O)Cc1cn2ccccc2n1. The Kier molecular flexibility index (Phi) is 4.08. The summed E-state index contributed by atoms with van der Waals surface area (Å²) >= 11 is 0. The molecule has 2 heterocycles. The first kappa shape index (κ1) is 15.5. The quantitative estimate of drug-likeness (QED) is 0.938. The van der Waals surface area contributed by atoms with Crippen molar-refractivity contribution in [1.82, 2.24) is 14.7 Å². The van der Waals surface area contributed by atoms with Crippen molar-refractivity contribution >= 4 is 11.6 Å². The number of hydrogen-bond donors (Lipinski definition) is 1. The maximum Gasteiger partial charge on any atom is 0.226 e. The molecule has 1 N–H and O–H groups in total. The Bertz CT molecular complexity index is 602. The third-order valence-corrected chi connectivity index (χ3v) is 3.21. The van der Waals surface area contributed by atoms with E-state index >= 15 is 0 Å². The van der Waals surface area contributed by atoms with Crippen LogP contribution >= 0.6 is 0 Å². The number of carbonyl (C=O) groups excluding carboxylic acids is 1. The van der Waals surface area contributed by atoms with Gasteiger partial charge in [0.05, 0.1) is 12.1 Å². The van der Waals surface area contributed by atoms with Crippen LogP contribution in [0.15, 0.2) is 30.6 Å². The van der Waals surface area contributed by atoms with Crippen LogP contribution in [-0.4, -0.2) is 20.8 Å². The molecule has 2 aromatic rings. The molecule has 2 aromatic heterocycles. The molecule has 2 rings (SSSR count). The van der Waals surface area contributed by atoms with Gasteiger partial charge in [-0.1, -0.05) is 26.8 Å². The predicted octanol–water partition coefficient (Wildman–Crippen LogP) is 3.21. The summed E-state index contributed by atoms with van der Waals surface area (Å²) in [5.74, 6) is 0.0210. The van der Waals surface area contributed by atoms with Gasteiger partial charge in [0.25, 0.3) is 0 Å². The fourth-order valence-corrected chi connectivity index (χ4v) is 3.03. The van der Waals surface area contributed by atoms with E-state index in [9.17, 15) is 4.79 Å². The Labute approximate surface area is 126 Å². The van der Waals surface area contributed by atoms with Crippen molar-refractivity contribution in [2.45, 2.75) is 53.0 Å². The number of fused-ring (bicyclic) bond motifs is 1. The molecule has 0 aliphatic heterocycles. The van der Waals surface area contributed by atoms with Gasteiger partial charge in [-0.05, 0) is 37.8 Å². The Hall–Kier alpha value is -1.84. The third kappa shape index (κ3) is 4.59. The number of nitrogens with one attached hydrogen (secondary N) is 1. The molecule has 0 bridgehead atoms. The molecule has 1 amide bonds. The van der Waals surface area contributed by atoms with Crippen LogP contribution in [-0.2, 0) is 11.2 Å². The Morgan fingerprint density at radius 3 is 2.57 bits per heavy atom. The van der Waals surface area contributed by atoms with Crippen LogP contribution in [0.4, 0.5) is 0 Å². The van der Waals surface area contributed by atoms with Gasteiger partial charge in [-0.2, -0.15) is 0 Å². The van der Waals surface area contributed by atoms with E-state index in [1.807, 2.05) is 35.0 Å². The summed E-state index contributed by atoms with van der Waals surface area (Å²) in [4.78, 5) is 16.7. The second-order valence-corrected chi connectivity index (χ2v) is 7.54. The fourth-order valence-electron chi connectivity index (χ4n) is 3.03. The van der Waals surface area contributed by atoms with Gasteiger partial charge in [-0.25, -0.2) is 4.98 Å². The lowest BCUT2D eigenvalue weighted by Crippen LogP contribution is -2.46. The van der Waals surface area contributed by atoms with Crippen molar-refractivity contribution in [3.8, 4) is 0 Å². The van der Waals surface area contributed by atoms with Crippen molar-refractivity contribution in [1.29, 1.82) is 0 Å². The van der Waals surface area contributed by atoms with Crippen molar-refractivity contribution in [2.75, 3.05) is 0 Å². The highest BCUT2D eigenvalue weighted by molar-refractivity contribution is 5.79. The number of nitrogens with zero attached hydrogens (tertiary/aromatic N) is 2. The van der Waals surface area contributed by atoms with E-state index in [4.69, 9.17) is 0 Å². The second-order valence-electron chi connectivity index (χ2n) is 7.54. The maximum atomic E-state index is 12.2. The minimum absolute atomic E-state index is 0.0210. The Morgan fingerprint density at radius 1 is 1.24 bits per heavy atom. The number of rotatable bonds is 4. The fraction of sp³-hybridized carbons (Fsp3) is 0.529. The highest BCUT2D eigenvalue weighted by Gasteiger charge is 2.27. The molecule has 0 atom stereocenters. The van der Waals surface area contributed by atoms with Crippen LogP contribution < -0.4 is 5.32 Å². The lowest BCUT2D eigenvalue weighted by molar-refractivity contribution is -0.122. The van der Waals surface area contributed by atoms with Gasteiger partial charge in [-0.15, -0.1) is 0 Å². The lowest BCUT2D eigenvalue weighted by atomic mass is 9.82. The maximum absolute atomic E-state index is 12.2. The van der Waals surface area contributed by atoms with Gasteiger partial charge >= 0.3 is 0 Å². The molecule has 21 heavy (non-hydrogen) atoms. The predicted molar refractivity (Wildman–Crippen MR) is 85.2 cm³/mol. The van der Waals surface area contributed by atoms with E-state index in [2.05, 4.69) is 44.9 Å². The van der Waals surface area contributed by atoms with Crippen LogP contribution in [0.2, 0.25) is 0 Å². The molecule has 0 unspecified atom stereocenters. The van der Waals surface area contributed by atoms with Gasteiger partial charge in [0, 0.05) is 17.9 Å². The summed E-state index contributed by atoms with van der Waals surface area (Å²) in [7, 11) is 0. The van der Waals surface area contributed by atoms with Gasteiger partial charge in [0.2, 0.25) is 5.91 Å². The molecular formula is C17H25N3O. The lowest BCUT2D eigenvalue weighted by Gasteiger charge is -2.33. The summed E-state index contributed by atoms with van der Waals surface area (Å²) in [6, 6.07) is 5.83. The largest absolute Gasteiger partial charge is 0.351 e. The van der Waals surface area contributed by atoms with E-state index in [0.29, 0.717) is 6.42 Å². The third-order valence-electron chi connectivity index (χ3n) is 3.21.